The molecule has 0 aliphatic heterocycles. The lowest BCUT2D eigenvalue weighted by Crippen LogP contribution is -2.22. The zero-order valence-electron chi connectivity index (χ0n) is 17.8. The predicted octanol–water partition coefficient (Wildman–Crippen LogP) is 6.08. The summed E-state index contributed by atoms with van der Waals surface area (Å²) >= 11 is 1.59. The quantitative estimate of drug-likeness (QED) is 0.280. The summed E-state index contributed by atoms with van der Waals surface area (Å²) in [5.41, 5.74) is 7.65. The minimum absolute atomic E-state index is 0.0713. The normalized spacial score (nSPS) is 11.5. The molecule has 5 aromatic rings. The van der Waals surface area contributed by atoms with E-state index in [4.69, 9.17) is 4.98 Å². The Balaban J connectivity index is 1.73. The number of aryl methyl sites for hydroxylation is 3. The highest BCUT2D eigenvalue weighted by atomic mass is 32.2. The number of benzene rings is 3. The highest BCUT2D eigenvalue weighted by Gasteiger charge is 2.17. The maximum atomic E-state index is 13.7. The van der Waals surface area contributed by atoms with Crippen LogP contribution in [0.2, 0.25) is 0 Å². The number of fused-ring (bicyclic) bond motifs is 3. The standard InChI is InChI=1S/C26H23N3OS/c1-16-7-6-8-19(12-16)15-31-26-28-23-21-9-4-5-10-22(21)27-24(23)25(30)29(26)20-13-17(2)11-18(3)14-20/h4-14,27H,15H2,1-3H3. The summed E-state index contributed by atoms with van der Waals surface area (Å²) in [5, 5.41) is 1.67. The first-order valence-corrected chi connectivity index (χ1v) is 11.3. The van der Waals surface area contributed by atoms with Crippen LogP contribution in [0.15, 0.2) is 76.7 Å². The van der Waals surface area contributed by atoms with Gasteiger partial charge < -0.3 is 4.98 Å². The first kappa shape index (κ1) is 19.6. The van der Waals surface area contributed by atoms with Gasteiger partial charge in [-0.15, -0.1) is 0 Å². The van der Waals surface area contributed by atoms with Gasteiger partial charge in [-0.1, -0.05) is 65.9 Å². The van der Waals surface area contributed by atoms with Crippen LogP contribution in [0.3, 0.4) is 0 Å². The molecule has 0 aliphatic rings. The Hall–Kier alpha value is -3.31. The van der Waals surface area contributed by atoms with E-state index in [0.29, 0.717) is 10.7 Å². The fraction of sp³-hybridized carbons (Fsp3) is 0.154. The largest absolute Gasteiger partial charge is 0.349 e. The summed E-state index contributed by atoms with van der Waals surface area (Å²) in [6, 6.07) is 22.6. The van der Waals surface area contributed by atoms with Crippen molar-refractivity contribution in [1.82, 2.24) is 14.5 Å². The van der Waals surface area contributed by atoms with Crippen molar-refractivity contribution in [1.29, 1.82) is 0 Å². The van der Waals surface area contributed by atoms with Gasteiger partial charge in [-0.25, -0.2) is 4.98 Å². The molecule has 0 unspecified atom stereocenters. The van der Waals surface area contributed by atoms with E-state index >= 15 is 0 Å². The molecule has 154 valence electrons. The van der Waals surface area contributed by atoms with E-state index in [1.807, 2.05) is 36.4 Å². The molecule has 5 heteroatoms. The molecular weight excluding hydrogens is 402 g/mol. The van der Waals surface area contributed by atoms with Gasteiger partial charge in [-0.2, -0.15) is 0 Å². The van der Waals surface area contributed by atoms with Crippen LogP contribution in [0, 0.1) is 20.8 Å². The average molecular weight is 426 g/mol. The van der Waals surface area contributed by atoms with Gasteiger partial charge in [0.25, 0.3) is 5.56 Å². The first-order valence-electron chi connectivity index (χ1n) is 10.3. The van der Waals surface area contributed by atoms with Gasteiger partial charge in [0.15, 0.2) is 5.16 Å². The number of nitrogens with one attached hydrogen (secondary N) is 1. The Morgan fingerprint density at radius 2 is 1.68 bits per heavy atom. The van der Waals surface area contributed by atoms with Crippen molar-refractivity contribution in [3.8, 4) is 5.69 Å². The number of rotatable bonds is 4. The van der Waals surface area contributed by atoms with Crippen molar-refractivity contribution < 1.29 is 0 Å². The number of aromatic nitrogens is 3. The molecule has 2 aromatic heterocycles. The van der Waals surface area contributed by atoms with E-state index in [-0.39, 0.29) is 5.56 Å². The molecule has 1 N–H and O–H groups in total. The predicted molar refractivity (Wildman–Crippen MR) is 129 cm³/mol. The average Bonchev–Trinajstić information content (AvgIpc) is 3.11. The molecule has 0 fully saturated rings. The van der Waals surface area contributed by atoms with E-state index < -0.39 is 0 Å². The SMILES string of the molecule is Cc1cccc(CSc2nc3c([nH]c4ccccc43)c(=O)n2-c2cc(C)cc(C)c2)c1. The van der Waals surface area contributed by atoms with E-state index in [2.05, 4.69) is 56.1 Å². The number of hydrogen-bond donors (Lipinski definition) is 1. The topological polar surface area (TPSA) is 50.7 Å². The third-order valence-corrected chi connectivity index (χ3v) is 6.42. The monoisotopic (exact) mass is 425 g/mol. The summed E-state index contributed by atoms with van der Waals surface area (Å²) in [5.74, 6) is 0.743. The van der Waals surface area contributed by atoms with Gasteiger partial charge in [-0.3, -0.25) is 9.36 Å². The van der Waals surface area contributed by atoms with E-state index in [9.17, 15) is 4.79 Å². The van der Waals surface area contributed by atoms with Crippen LogP contribution in [-0.2, 0) is 5.75 Å². The van der Waals surface area contributed by atoms with E-state index in [0.717, 1.165) is 39.0 Å². The van der Waals surface area contributed by atoms with E-state index in [1.54, 1.807) is 16.3 Å². The van der Waals surface area contributed by atoms with Crippen molar-refractivity contribution >= 4 is 33.7 Å². The van der Waals surface area contributed by atoms with Crippen LogP contribution >= 0.6 is 11.8 Å². The Labute approximate surface area is 185 Å². The maximum absolute atomic E-state index is 13.7. The molecule has 0 radical (unpaired) electrons. The van der Waals surface area contributed by atoms with Crippen LogP contribution in [0.1, 0.15) is 22.3 Å². The molecule has 5 rings (SSSR count). The first-order chi connectivity index (χ1) is 15.0. The summed E-state index contributed by atoms with van der Waals surface area (Å²) in [6.07, 6.45) is 0. The van der Waals surface area contributed by atoms with Crippen molar-refractivity contribution in [3.05, 3.63) is 99.3 Å². The Morgan fingerprint density at radius 1 is 0.903 bits per heavy atom. The minimum atomic E-state index is -0.0713. The number of para-hydroxylation sites is 1. The Bertz CT molecular complexity index is 1480. The molecule has 0 spiro atoms. The molecule has 0 bridgehead atoms. The zero-order valence-corrected chi connectivity index (χ0v) is 18.6. The molecule has 31 heavy (non-hydrogen) atoms. The van der Waals surface area contributed by atoms with E-state index in [1.165, 1.54) is 11.1 Å². The van der Waals surface area contributed by atoms with Gasteiger partial charge in [0, 0.05) is 16.7 Å². The maximum Gasteiger partial charge on any atom is 0.283 e. The molecule has 0 amide bonds. The number of hydrogen-bond acceptors (Lipinski definition) is 3. The Kier molecular flexibility index (Phi) is 4.91. The fourth-order valence-corrected chi connectivity index (χ4v) is 5.05. The van der Waals surface area contributed by atoms with Crippen LogP contribution in [0.4, 0.5) is 0 Å². The van der Waals surface area contributed by atoms with Crippen LogP contribution in [0.25, 0.3) is 27.6 Å². The third-order valence-electron chi connectivity index (χ3n) is 5.41. The lowest BCUT2D eigenvalue weighted by molar-refractivity contribution is 0.817. The van der Waals surface area contributed by atoms with Crippen molar-refractivity contribution in [3.63, 3.8) is 0 Å². The molecule has 0 aliphatic carbocycles. The van der Waals surface area contributed by atoms with Gasteiger partial charge >= 0.3 is 0 Å². The smallest absolute Gasteiger partial charge is 0.283 e. The molecular formula is C26H23N3OS. The lowest BCUT2D eigenvalue weighted by atomic mass is 10.1. The molecule has 0 saturated carbocycles. The van der Waals surface area contributed by atoms with Gasteiger partial charge in [0.2, 0.25) is 0 Å². The zero-order chi connectivity index (χ0) is 21.5. The fourth-order valence-electron chi connectivity index (χ4n) is 4.10. The number of aromatic amines is 1. The number of thioether (sulfide) groups is 1. The van der Waals surface area contributed by atoms with Crippen LogP contribution in [-0.4, -0.2) is 14.5 Å². The summed E-state index contributed by atoms with van der Waals surface area (Å²) in [6.45, 7) is 6.20. The van der Waals surface area contributed by atoms with Crippen molar-refractivity contribution in [2.45, 2.75) is 31.7 Å². The van der Waals surface area contributed by atoms with Crippen molar-refractivity contribution in [2.75, 3.05) is 0 Å². The molecule has 2 heterocycles. The van der Waals surface area contributed by atoms with Gasteiger partial charge in [-0.05, 0) is 55.7 Å². The molecule has 0 atom stereocenters. The highest BCUT2D eigenvalue weighted by molar-refractivity contribution is 7.98. The second-order valence-corrected chi connectivity index (χ2v) is 9.00. The Morgan fingerprint density at radius 3 is 2.45 bits per heavy atom. The van der Waals surface area contributed by atoms with Gasteiger partial charge in [0.1, 0.15) is 11.0 Å². The third kappa shape index (κ3) is 3.66. The highest BCUT2D eigenvalue weighted by Crippen LogP contribution is 2.28. The second-order valence-electron chi connectivity index (χ2n) is 8.05. The minimum Gasteiger partial charge on any atom is -0.349 e. The van der Waals surface area contributed by atoms with Crippen LogP contribution in [0.5, 0.6) is 0 Å². The lowest BCUT2D eigenvalue weighted by Gasteiger charge is -2.14. The van der Waals surface area contributed by atoms with Gasteiger partial charge in [0.05, 0.1) is 5.69 Å². The molecule has 0 saturated heterocycles. The number of nitrogens with zero attached hydrogens (tertiary/aromatic N) is 2. The summed E-state index contributed by atoms with van der Waals surface area (Å²) in [4.78, 5) is 22.0. The summed E-state index contributed by atoms with van der Waals surface area (Å²) in [7, 11) is 0. The van der Waals surface area contributed by atoms with Crippen LogP contribution < -0.4 is 5.56 Å². The van der Waals surface area contributed by atoms with Crippen molar-refractivity contribution in [2.24, 2.45) is 0 Å². The number of H-pyrrole nitrogens is 1. The summed E-state index contributed by atoms with van der Waals surface area (Å²) < 4.78 is 1.75. The molecule has 4 nitrogen and oxygen atoms in total. The second kappa shape index (κ2) is 7.75. The molecule has 3 aromatic carbocycles.